The van der Waals surface area contributed by atoms with Crippen LogP contribution in [0.2, 0.25) is 0 Å². The highest BCUT2D eigenvalue weighted by Gasteiger charge is 1.98. The normalized spacial score (nSPS) is 10.0. The van der Waals surface area contributed by atoms with Crippen molar-refractivity contribution in [1.29, 1.82) is 0 Å². The summed E-state index contributed by atoms with van der Waals surface area (Å²) in [6, 6.07) is 7.91. The molecule has 0 atom stereocenters. The van der Waals surface area contributed by atoms with Gasteiger partial charge < -0.3 is 4.79 Å². The maximum atomic E-state index is 10.3. The van der Waals surface area contributed by atoms with E-state index in [1.54, 1.807) is 11.3 Å². The van der Waals surface area contributed by atoms with Gasteiger partial charge in [0, 0.05) is 17.4 Å². The maximum Gasteiger partial charge on any atom is 0.124 e. The summed E-state index contributed by atoms with van der Waals surface area (Å²) in [5.74, 6) is 0. The first-order valence-electron chi connectivity index (χ1n) is 4.31. The third-order valence-corrected chi connectivity index (χ3v) is 2.59. The minimum atomic E-state index is 0.483. The lowest BCUT2D eigenvalue weighted by molar-refractivity contribution is -0.107. The summed E-state index contributed by atoms with van der Waals surface area (Å²) in [7, 11) is 0. The molecule has 0 amide bonds. The van der Waals surface area contributed by atoms with Crippen molar-refractivity contribution in [3.05, 3.63) is 40.7 Å². The predicted octanol–water partition coefficient (Wildman–Crippen LogP) is 2.55. The van der Waals surface area contributed by atoms with E-state index in [0.717, 1.165) is 23.1 Å². The fraction of sp³-hybridized carbons (Fsp3) is 0.0909. The van der Waals surface area contributed by atoms with Gasteiger partial charge in [0.1, 0.15) is 6.29 Å². The summed E-state index contributed by atoms with van der Waals surface area (Å²) in [5, 5.41) is 2.01. The molecule has 0 fully saturated rings. The van der Waals surface area contributed by atoms with Crippen LogP contribution in [0, 0.1) is 0 Å². The van der Waals surface area contributed by atoms with Crippen molar-refractivity contribution in [3.8, 4) is 11.3 Å². The maximum absolute atomic E-state index is 10.3. The molecule has 3 heteroatoms. The number of rotatable bonds is 3. The van der Waals surface area contributed by atoms with E-state index in [0.29, 0.717) is 6.42 Å². The molecule has 0 saturated heterocycles. The van der Waals surface area contributed by atoms with Gasteiger partial charge in [0.2, 0.25) is 0 Å². The second-order valence-electron chi connectivity index (χ2n) is 2.94. The van der Waals surface area contributed by atoms with E-state index in [1.807, 2.05) is 35.2 Å². The van der Waals surface area contributed by atoms with Gasteiger partial charge in [-0.25, -0.2) is 4.98 Å². The molecule has 0 N–H and O–H groups in total. The standard InChI is InChI=1S/C11H9NOS/c13-6-5-9-1-3-10(4-2-9)11-7-14-8-12-11/h1-4,6-8H,5H2. The van der Waals surface area contributed by atoms with Crippen LogP contribution < -0.4 is 0 Å². The van der Waals surface area contributed by atoms with Gasteiger partial charge in [0.05, 0.1) is 11.2 Å². The van der Waals surface area contributed by atoms with Crippen LogP contribution >= 0.6 is 11.3 Å². The molecule has 14 heavy (non-hydrogen) atoms. The van der Waals surface area contributed by atoms with Gasteiger partial charge in [-0.1, -0.05) is 24.3 Å². The molecule has 1 heterocycles. The quantitative estimate of drug-likeness (QED) is 0.717. The largest absolute Gasteiger partial charge is 0.303 e. The molecule has 0 unspecified atom stereocenters. The summed E-state index contributed by atoms with van der Waals surface area (Å²) in [6.45, 7) is 0. The third kappa shape index (κ3) is 1.88. The number of benzene rings is 1. The average Bonchev–Trinajstić information content (AvgIpc) is 2.72. The molecule has 0 saturated carbocycles. The lowest BCUT2D eigenvalue weighted by Crippen LogP contribution is -1.85. The first-order valence-corrected chi connectivity index (χ1v) is 5.25. The minimum absolute atomic E-state index is 0.483. The number of nitrogens with zero attached hydrogens (tertiary/aromatic N) is 1. The molecule has 0 aliphatic heterocycles. The lowest BCUT2D eigenvalue weighted by atomic mass is 10.1. The molecule has 1 aromatic heterocycles. The topological polar surface area (TPSA) is 30.0 Å². The number of carbonyl (C=O) groups is 1. The highest BCUT2D eigenvalue weighted by Crippen LogP contribution is 2.19. The minimum Gasteiger partial charge on any atom is -0.303 e. The molecule has 70 valence electrons. The van der Waals surface area contributed by atoms with Crippen molar-refractivity contribution >= 4 is 17.6 Å². The van der Waals surface area contributed by atoms with Gasteiger partial charge in [-0.3, -0.25) is 0 Å². The fourth-order valence-corrected chi connectivity index (χ4v) is 1.82. The number of hydrogen-bond donors (Lipinski definition) is 0. The van der Waals surface area contributed by atoms with Gasteiger partial charge in [0.15, 0.2) is 0 Å². The molecule has 0 spiro atoms. The molecule has 0 aliphatic carbocycles. The summed E-state index contributed by atoms with van der Waals surface area (Å²) in [6.07, 6.45) is 1.40. The molecule has 0 radical (unpaired) electrons. The molecular weight excluding hydrogens is 194 g/mol. The molecule has 1 aromatic carbocycles. The van der Waals surface area contributed by atoms with Gasteiger partial charge in [0.25, 0.3) is 0 Å². The van der Waals surface area contributed by atoms with Crippen molar-refractivity contribution < 1.29 is 4.79 Å². The zero-order chi connectivity index (χ0) is 9.80. The molecule has 2 aromatic rings. The highest BCUT2D eigenvalue weighted by atomic mass is 32.1. The molecule has 2 nitrogen and oxygen atoms in total. The van der Waals surface area contributed by atoms with Crippen LogP contribution in [0.15, 0.2) is 35.2 Å². The van der Waals surface area contributed by atoms with Crippen molar-refractivity contribution in [2.24, 2.45) is 0 Å². The van der Waals surface area contributed by atoms with Crippen LogP contribution in [0.3, 0.4) is 0 Å². The molecular formula is C11H9NOS. The predicted molar refractivity (Wildman–Crippen MR) is 57.3 cm³/mol. The zero-order valence-corrected chi connectivity index (χ0v) is 8.33. The monoisotopic (exact) mass is 203 g/mol. The second-order valence-corrected chi connectivity index (χ2v) is 3.66. The Labute approximate surface area is 86.2 Å². The summed E-state index contributed by atoms with van der Waals surface area (Å²) in [4.78, 5) is 14.5. The number of thiazole rings is 1. The van der Waals surface area contributed by atoms with Crippen LogP contribution in [0.5, 0.6) is 0 Å². The Kier molecular flexibility index (Phi) is 2.70. The van der Waals surface area contributed by atoms with E-state index < -0.39 is 0 Å². The molecule has 0 bridgehead atoms. The van der Waals surface area contributed by atoms with E-state index in [9.17, 15) is 4.79 Å². The number of carbonyl (C=O) groups excluding carboxylic acids is 1. The second kappa shape index (κ2) is 4.15. The Balaban J connectivity index is 2.26. The summed E-state index contributed by atoms with van der Waals surface area (Å²) in [5.41, 5.74) is 4.95. The smallest absolute Gasteiger partial charge is 0.124 e. The van der Waals surface area contributed by atoms with Gasteiger partial charge in [-0.2, -0.15) is 0 Å². The number of hydrogen-bond acceptors (Lipinski definition) is 3. The van der Waals surface area contributed by atoms with Crippen LogP contribution in [0.4, 0.5) is 0 Å². The van der Waals surface area contributed by atoms with E-state index in [-0.39, 0.29) is 0 Å². The Morgan fingerprint density at radius 3 is 2.64 bits per heavy atom. The van der Waals surface area contributed by atoms with Crippen molar-refractivity contribution in [2.45, 2.75) is 6.42 Å². The number of aldehydes is 1. The zero-order valence-electron chi connectivity index (χ0n) is 7.51. The Morgan fingerprint density at radius 1 is 1.29 bits per heavy atom. The van der Waals surface area contributed by atoms with Crippen molar-refractivity contribution in [2.75, 3.05) is 0 Å². The first kappa shape index (κ1) is 9.09. The van der Waals surface area contributed by atoms with Crippen LogP contribution in [0.1, 0.15) is 5.56 Å². The van der Waals surface area contributed by atoms with Gasteiger partial charge >= 0.3 is 0 Å². The average molecular weight is 203 g/mol. The molecule has 2 rings (SSSR count). The van der Waals surface area contributed by atoms with E-state index >= 15 is 0 Å². The number of aromatic nitrogens is 1. The summed E-state index contributed by atoms with van der Waals surface area (Å²) >= 11 is 1.58. The van der Waals surface area contributed by atoms with Gasteiger partial charge in [-0.05, 0) is 5.56 Å². The van der Waals surface area contributed by atoms with Crippen molar-refractivity contribution in [1.82, 2.24) is 4.98 Å². The first-order chi connectivity index (χ1) is 6.90. The highest BCUT2D eigenvalue weighted by molar-refractivity contribution is 7.07. The van der Waals surface area contributed by atoms with E-state index in [1.165, 1.54) is 0 Å². The Bertz CT molecular complexity index is 405. The van der Waals surface area contributed by atoms with E-state index in [2.05, 4.69) is 4.98 Å². The Hall–Kier alpha value is -1.48. The SMILES string of the molecule is O=CCc1ccc(-c2cscn2)cc1. The lowest BCUT2D eigenvalue weighted by Gasteiger charge is -1.98. The van der Waals surface area contributed by atoms with Crippen LogP contribution in [0.25, 0.3) is 11.3 Å². The summed E-state index contributed by atoms with van der Waals surface area (Å²) < 4.78 is 0. The van der Waals surface area contributed by atoms with E-state index in [4.69, 9.17) is 0 Å². The van der Waals surface area contributed by atoms with Crippen LogP contribution in [-0.2, 0) is 11.2 Å². The van der Waals surface area contributed by atoms with Gasteiger partial charge in [-0.15, -0.1) is 11.3 Å². The fourth-order valence-electron chi connectivity index (χ4n) is 1.26. The van der Waals surface area contributed by atoms with Crippen molar-refractivity contribution in [3.63, 3.8) is 0 Å². The molecule has 0 aliphatic rings. The van der Waals surface area contributed by atoms with Crippen LogP contribution in [-0.4, -0.2) is 11.3 Å². The Morgan fingerprint density at radius 2 is 2.07 bits per heavy atom. The third-order valence-electron chi connectivity index (χ3n) is 2.00.